The molecule has 2 aromatic rings. The predicted molar refractivity (Wildman–Crippen MR) is 88.9 cm³/mol. The van der Waals surface area contributed by atoms with Crippen molar-refractivity contribution < 1.29 is 13.9 Å². The largest absolute Gasteiger partial charge is 0.375 e. The molecule has 0 saturated heterocycles. The monoisotopic (exact) mass is 335 g/mol. The molecular formula is C18H19ClFNO2. The molecule has 0 fully saturated rings. The fraction of sp³-hybridized carbons (Fsp3) is 0.278. The molecule has 5 heteroatoms. The van der Waals surface area contributed by atoms with Crippen molar-refractivity contribution in [2.45, 2.75) is 18.9 Å². The molecule has 2 rings (SSSR count). The number of halogens is 2. The standard InChI is InChI=1S/C18H19ClFNO2/c1-23-17(14-7-3-4-8-15(14)19)12-21-18(22)11-10-13-6-2-5-9-16(13)20/h2-9,17H,10-12H2,1H3,(H,21,22). The number of hydrogen-bond donors (Lipinski definition) is 1. The summed E-state index contributed by atoms with van der Waals surface area (Å²) in [6.45, 7) is 0.316. The molecule has 23 heavy (non-hydrogen) atoms. The maximum Gasteiger partial charge on any atom is 0.220 e. The number of nitrogens with one attached hydrogen (secondary N) is 1. The first-order chi connectivity index (χ1) is 11.1. The molecule has 0 aromatic heterocycles. The highest BCUT2D eigenvalue weighted by molar-refractivity contribution is 6.31. The number of hydrogen-bond acceptors (Lipinski definition) is 2. The van der Waals surface area contributed by atoms with Crippen LogP contribution in [-0.2, 0) is 16.0 Å². The van der Waals surface area contributed by atoms with Gasteiger partial charge in [0.05, 0.1) is 0 Å². The minimum Gasteiger partial charge on any atom is -0.375 e. The van der Waals surface area contributed by atoms with E-state index < -0.39 is 0 Å². The summed E-state index contributed by atoms with van der Waals surface area (Å²) < 4.78 is 18.9. The van der Waals surface area contributed by atoms with Gasteiger partial charge in [-0.25, -0.2) is 4.39 Å². The Kier molecular flexibility index (Phi) is 6.56. The van der Waals surface area contributed by atoms with Gasteiger partial charge in [0.15, 0.2) is 0 Å². The Hall–Kier alpha value is -1.91. The molecule has 0 bridgehead atoms. The van der Waals surface area contributed by atoms with Crippen molar-refractivity contribution in [2.24, 2.45) is 0 Å². The smallest absolute Gasteiger partial charge is 0.220 e. The fourth-order valence-electron chi connectivity index (χ4n) is 2.30. The molecule has 0 aliphatic carbocycles. The van der Waals surface area contributed by atoms with Crippen LogP contribution in [-0.4, -0.2) is 19.6 Å². The minimum atomic E-state index is -0.318. The van der Waals surface area contributed by atoms with Crippen molar-refractivity contribution in [1.29, 1.82) is 0 Å². The van der Waals surface area contributed by atoms with Crippen LogP contribution in [0.4, 0.5) is 4.39 Å². The van der Waals surface area contributed by atoms with E-state index in [0.717, 1.165) is 5.56 Å². The van der Waals surface area contributed by atoms with Crippen LogP contribution in [0.5, 0.6) is 0 Å². The van der Waals surface area contributed by atoms with Crippen molar-refractivity contribution in [3.05, 3.63) is 70.5 Å². The normalized spacial score (nSPS) is 12.0. The van der Waals surface area contributed by atoms with E-state index in [2.05, 4.69) is 5.32 Å². The van der Waals surface area contributed by atoms with Crippen LogP contribution >= 0.6 is 11.6 Å². The Morgan fingerprint density at radius 2 is 1.91 bits per heavy atom. The lowest BCUT2D eigenvalue weighted by molar-refractivity contribution is -0.121. The first-order valence-electron chi connectivity index (χ1n) is 7.39. The van der Waals surface area contributed by atoms with Gasteiger partial charge in [0, 0.05) is 30.7 Å². The van der Waals surface area contributed by atoms with Gasteiger partial charge in [0.25, 0.3) is 0 Å². The van der Waals surface area contributed by atoms with Gasteiger partial charge >= 0.3 is 0 Å². The second kappa shape index (κ2) is 8.65. The third-order valence-corrected chi connectivity index (χ3v) is 3.94. The zero-order valence-corrected chi connectivity index (χ0v) is 13.6. The minimum absolute atomic E-state index is 0.151. The van der Waals surface area contributed by atoms with E-state index in [9.17, 15) is 9.18 Å². The highest BCUT2D eigenvalue weighted by atomic mass is 35.5. The molecule has 0 heterocycles. The second-order valence-corrected chi connectivity index (χ2v) is 5.55. The Morgan fingerprint density at radius 3 is 2.61 bits per heavy atom. The molecular weight excluding hydrogens is 317 g/mol. The average molecular weight is 336 g/mol. The Labute approximate surface area is 140 Å². The van der Waals surface area contributed by atoms with Crippen LogP contribution in [0.2, 0.25) is 5.02 Å². The molecule has 3 nitrogen and oxygen atoms in total. The third kappa shape index (κ3) is 5.05. The first kappa shape index (κ1) is 17.4. The molecule has 0 aliphatic heterocycles. The quantitative estimate of drug-likeness (QED) is 0.833. The number of rotatable bonds is 7. The van der Waals surface area contributed by atoms with Crippen LogP contribution in [0.3, 0.4) is 0 Å². The van der Waals surface area contributed by atoms with Crippen molar-refractivity contribution in [3.63, 3.8) is 0 Å². The highest BCUT2D eigenvalue weighted by Gasteiger charge is 2.15. The zero-order valence-electron chi connectivity index (χ0n) is 12.9. The summed E-state index contributed by atoms with van der Waals surface area (Å²) in [6, 6.07) is 13.8. The van der Waals surface area contributed by atoms with E-state index >= 15 is 0 Å². The predicted octanol–water partition coefficient (Wildman–Crippen LogP) is 3.92. The molecule has 0 spiro atoms. The van der Waals surface area contributed by atoms with Crippen molar-refractivity contribution in [3.8, 4) is 0 Å². The summed E-state index contributed by atoms with van der Waals surface area (Å²) in [5.41, 5.74) is 1.36. The van der Waals surface area contributed by atoms with E-state index in [1.165, 1.54) is 6.07 Å². The van der Waals surface area contributed by atoms with Crippen LogP contribution in [0.1, 0.15) is 23.7 Å². The zero-order chi connectivity index (χ0) is 16.7. The molecule has 0 radical (unpaired) electrons. The lowest BCUT2D eigenvalue weighted by Crippen LogP contribution is -2.29. The summed E-state index contributed by atoms with van der Waals surface area (Å²) in [4.78, 5) is 11.9. The van der Waals surface area contributed by atoms with Crippen molar-refractivity contribution >= 4 is 17.5 Å². The summed E-state index contributed by atoms with van der Waals surface area (Å²) in [6.07, 6.45) is 0.267. The van der Waals surface area contributed by atoms with Gasteiger partial charge in [0.2, 0.25) is 5.91 Å². The van der Waals surface area contributed by atoms with Crippen LogP contribution in [0.15, 0.2) is 48.5 Å². The average Bonchev–Trinajstić information content (AvgIpc) is 2.56. The molecule has 0 aliphatic rings. The number of aryl methyl sites for hydroxylation is 1. The number of amides is 1. The molecule has 1 N–H and O–H groups in total. The third-order valence-electron chi connectivity index (χ3n) is 3.60. The summed E-state index contributed by atoms with van der Waals surface area (Å²) in [5, 5.41) is 3.40. The first-order valence-corrected chi connectivity index (χ1v) is 7.77. The summed E-state index contributed by atoms with van der Waals surface area (Å²) in [7, 11) is 1.57. The van der Waals surface area contributed by atoms with E-state index in [1.807, 2.05) is 18.2 Å². The summed E-state index contributed by atoms with van der Waals surface area (Å²) >= 11 is 6.14. The van der Waals surface area contributed by atoms with Gasteiger partial charge in [-0.2, -0.15) is 0 Å². The van der Waals surface area contributed by atoms with Crippen LogP contribution in [0.25, 0.3) is 0 Å². The number of carbonyl (C=O) groups is 1. The van der Waals surface area contributed by atoms with Crippen LogP contribution in [0, 0.1) is 5.82 Å². The fourth-order valence-corrected chi connectivity index (χ4v) is 2.56. The lowest BCUT2D eigenvalue weighted by Gasteiger charge is -2.17. The van der Waals surface area contributed by atoms with Gasteiger partial charge in [-0.15, -0.1) is 0 Å². The van der Waals surface area contributed by atoms with Gasteiger partial charge in [-0.1, -0.05) is 48.0 Å². The Balaban J connectivity index is 1.86. The molecule has 2 aromatic carbocycles. The highest BCUT2D eigenvalue weighted by Crippen LogP contribution is 2.24. The van der Waals surface area contributed by atoms with E-state index in [1.54, 1.807) is 31.4 Å². The lowest BCUT2D eigenvalue weighted by atomic mass is 10.1. The van der Waals surface area contributed by atoms with Gasteiger partial charge in [-0.05, 0) is 24.1 Å². The van der Waals surface area contributed by atoms with Crippen molar-refractivity contribution in [1.82, 2.24) is 5.32 Å². The molecule has 0 saturated carbocycles. The number of ether oxygens (including phenoxy) is 1. The molecule has 1 atom stereocenters. The number of carbonyl (C=O) groups excluding carboxylic acids is 1. The number of methoxy groups -OCH3 is 1. The topological polar surface area (TPSA) is 38.3 Å². The molecule has 1 unspecified atom stereocenters. The summed E-state index contributed by atoms with van der Waals surface area (Å²) in [5.74, 6) is -0.437. The Morgan fingerprint density at radius 1 is 1.22 bits per heavy atom. The maximum absolute atomic E-state index is 13.5. The molecule has 1 amide bonds. The second-order valence-electron chi connectivity index (χ2n) is 5.14. The van der Waals surface area contributed by atoms with Gasteiger partial charge in [0.1, 0.15) is 11.9 Å². The molecule has 122 valence electrons. The van der Waals surface area contributed by atoms with Crippen LogP contribution < -0.4 is 5.32 Å². The van der Waals surface area contributed by atoms with Crippen molar-refractivity contribution in [2.75, 3.05) is 13.7 Å². The number of benzene rings is 2. The van der Waals surface area contributed by atoms with Gasteiger partial charge < -0.3 is 10.1 Å². The van der Waals surface area contributed by atoms with E-state index in [0.29, 0.717) is 23.6 Å². The SMILES string of the molecule is COC(CNC(=O)CCc1ccccc1F)c1ccccc1Cl. The van der Waals surface area contributed by atoms with Gasteiger partial charge in [-0.3, -0.25) is 4.79 Å². The maximum atomic E-state index is 13.5. The van der Waals surface area contributed by atoms with E-state index in [4.69, 9.17) is 16.3 Å². The van der Waals surface area contributed by atoms with E-state index in [-0.39, 0.29) is 24.2 Å². The Bertz CT molecular complexity index is 663.